The topological polar surface area (TPSA) is 72.2 Å². The third-order valence-electron chi connectivity index (χ3n) is 5.01. The Hall–Kier alpha value is -2.57. The Kier molecular flexibility index (Phi) is 4.92. The lowest BCUT2D eigenvalue weighted by Crippen LogP contribution is -2.42. The number of piperidine rings is 1. The van der Waals surface area contributed by atoms with Gasteiger partial charge in [0.2, 0.25) is 0 Å². The summed E-state index contributed by atoms with van der Waals surface area (Å²) in [6.45, 7) is 4.10. The van der Waals surface area contributed by atoms with Crippen molar-refractivity contribution in [3.05, 3.63) is 41.5 Å². The lowest BCUT2D eigenvalue weighted by atomic mass is 9.96. The quantitative estimate of drug-likeness (QED) is 0.911. The van der Waals surface area contributed by atoms with Crippen molar-refractivity contribution in [1.29, 1.82) is 0 Å². The molecule has 0 bridgehead atoms. The summed E-state index contributed by atoms with van der Waals surface area (Å²) in [5.41, 5.74) is 2.39. The van der Waals surface area contributed by atoms with Gasteiger partial charge in [-0.3, -0.25) is 14.3 Å². The van der Waals surface area contributed by atoms with Gasteiger partial charge in [-0.1, -0.05) is 0 Å². The molecule has 0 aromatic carbocycles. The Morgan fingerprint density at radius 1 is 1.24 bits per heavy atom. The zero-order valence-electron chi connectivity index (χ0n) is 15.0. The van der Waals surface area contributed by atoms with Crippen LogP contribution in [-0.2, 0) is 14.1 Å². The second-order valence-electron chi connectivity index (χ2n) is 6.77. The molecule has 0 radical (unpaired) electrons. The highest BCUT2D eigenvalue weighted by molar-refractivity contribution is 5.94. The van der Waals surface area contributed by atoms with E-state index in [2.05, 4.69) is 10.4 Å². The van der Waals surface area contributed by atoms with Crippen molar-refractivity contribution < 1.29 is 9.59 Å². The summed E-state index contributed by atoms with van der Waals surface area (Å²) in [5.74, 6) is 0.402. The summed E-state index contributed by atoms with van der Waals surface area (Å²) >= 11 is 0. The molecule has 1 fully saturated rings. The number of hydrogen-bond donors (Lipinski definition) is 1. The van der Waals surface area contributed by atoms with Crippen LogP contribution in [0.1, 0.15) is 39.4 Å². The fourth-order valence-electron chi connectivity index (χ4n) is 3.21. The number of nitrogens with one attached hydrogen (secondary N) is 1. The van der Waals surface area contributed by atoms with E-state index in [0.29, 0.717) is 18.0 Å². The summed E-state index contributed by atoms with van der Waals surface area (Å²) in [7, 11) is 3.71. The van der Waals surface area contributed by atoms with Crippen LogP contribution in [0.3, 0.4) is 0 Å². The number of aromatic nitrogens is 3. The minimum absolute atomic E-state index is 0.0912. The highest BCUT2D eigenvalue weighted by Crippen LogP contribution is 2.19. The summed E-state index contributed by atoms with van der Waals surface area (Å²) in [5, 5.41) is 6.98. The lowest BCUT2D eigenvalue weighted by Gasteiger charge is -2.32. The number of nitrogens with zero attached hydrogens (tertiary/aromatic N) is 4. The Morgan fingerprint density at radius 3 is 2.52 bits per heavy atom. The van der Waals surface area contributed by atoms with Crippen molar-refractivity contribution in [2.24, 2.45) is 20.0 Å². The van der Waals surface area contributed by atoms with Crippen molar-refractivity contribution in [2.75, 3.05) is 19.6 Å². The van der Waals surface area contributed by atoms with E-state index in [9.17, 15) is 9.59 Å². The van der Waals surface area contributed by atoms with Gasteiger partial charge in [0.25, 0.3) is 11.8 Å². The molecule has 0 spiro atoms. The summed E-state index contributed by atoms with van der Waals surface area (Å²) in [6.07, 6.45) is 5.09. The lowest BCUT2D eigenvalue weighted by molar-refractivity contribution is 0.0674. The third-order valence-corrected chi connectivity index (χ3v) is 5.01. The molecule has 7 nitrogen and oxygen atoms in total. The number of hydrogen-bond acceptors (Lipinski definition) is 3. The van der Waals surface area contributed by atoms with Gasteiger partial charge < -0.3 is 14.8 Å². The Morgan fingerprint density at radius 2 is 1.96 bits per heavy atom. The highest BCUT2D eigenvalue weighted by Gasteiger charge is 2.25. The van der Waals surface area contributed by atoms with E-state index < -0.39 is 0 Å². The van der Waals surface area contributed by atoms with E-state index in [-0.39, 0.29) is 11.8 Å². The Labute approximate surface area is 147 Å². The van der Waals surface area contributed by atoms with Crippen LogP contribution < -0.4 is 5.32 Å². The molecule has 3 heterocycles. The van der Waals surface area contributed by atoms with E-state index in [4.69, 9.17) is 0 Å². The maximum absolute atomic E-state index is 12.6. The summed E-state index contributed by atoms with van der Waals surface area (Å²) in [4.78, 5) is 26.6. The van der Waals surface area contributed by atoms with E-state index >= 15 is 0 Å². The average molecular weight is 343 g/mol. The van der Waals surface area contributed by atoms with Crippen molar-refractivity contribution in [3.63, 3.8) is 0 Å². The van der Waals surface area contributed by atoms with Gasteiger partial charge in [0.15, 0.2) is 0 Å². The van der Waals surface area contributed by atoms with Gasteiger partial charge in [0.1, 0.15) is 5.69 Å². The molecule has 2 aromatic heterocycles. The van der Waals surface area contributed by atoms with Gasteiger partial charge >= 0.3 is 0 Å². The first-order valence-electron chi connectivity index (χ1n) is 8.64. The predicted molar refractivity (Wildman–Crippen MR) is 94.3 cm³/mol. The van der Waals surface area contributed by atoms with Gasteiger partial charge in [-0.25, -0.2) is 0 Å². The largest absolute Gasteiger partial charge is 0.352 e. The van der Waals surface area contributed by atoms with Crippen molar-refractivity contribution >= 4 is 11.8 Å². The van der Waals surface area contributed by atoms with Crippen LogP contribution >= 0.6 is 0 Å². The van der Waals surface area contributed by atoms with E-state index in [1.54, 1.807) is 24.1 Å². The molecule has 1 aliphatic heterocycles. The van der Waals surface area contributed by atoms with Crippen molar-refractivity contribution in [1.82, 2.24) is 24.6 Å². The second-order valence-corrected chi connectivity index (χ2v) is 6.77. The van der Waals surface area contributed by atoms with Crippen LogP contribution in [0.25, 0.3) is 0 Å². The average Bonchev–Trinajstić information content (AvgIpc) is 3.19. The van der Waals surface area contributed by atoms with Crippen LogP contribution in [0.5, 0.6) is 0 Å². The molecule has 2 aromatic rings. The molecule has 0 unspecified atom stereocenters. The second kappa shape index (κ2) is 7.13. The molecule has 0 aliphatic carbocycles. The number of carbonyl (C=O) groups is 2. The van der Waals surface area contributed by atoms with E-state index in [0.717, 1.165) is 37.3 Å². The van der Waals surface area contributed by atoms with Crippen LogP contribution in [0, 0.1) is 12.8 Å². The Bertz CT molecular complexity index is 768. The van der Waals surface area contributed by atoms with E-state index in [1.165, 1.54) is 0 Å². The third kappa shape index (κ3) is 3.75. The first-order chi connectivity index (χ1) is 12.0. The maximum Gasteiger partial charge on any atom is 0.270 e. The number of aryl methyl sites for hydroxylation is 2. The van der Waals surface area contributed by atoms with Crippen molar-refractivity contribution in [2.45, 2.75) is 19.8 Å². The predicted octanol–water partition coefficient (Wildman–Crippen LogP) is 1.35. The summed E-state index contributed by atoms with van der Waals surface area (Å²) in [6, 6.07) is 3.85. The molecule has 134 valence electrons. The minimum Gasteiger partial charge on any atom is -0.352 e. The fourth-order valence-corrected chi connectivity index (χ4v) is 3.21. The Balaban J connectivity index is 1.48. The first kappa shape index (κ1) is 17.3. The fraction of sp³-hybridized carbons (Fsp3) is 0.500. The van der Waals surface area contributed by atoms with Crippen LogP contribution in [0.15, 0.2) is 24.5 Å². The van der Waals surface area contributed by atoms with Gasteiger partial charge in [-0.15, -0.1) is 0 Å². The number of carbonyl (C=O) groups excluding carboxylic acids is 2. The van der Waals surface area contributed by atoms with Crippen LogP contribution in [-0.4, -0.2) is 50.7 Å². The molecular formula is C18H25N5O2. The van der Waals surface area contributed by atoms with Crippen molar-refractivity contribution in [3.8, 4) is 0 Å². The minimum atomic E-state index is -0.0918. The monoisotopic (exact) mass is 343 g/mol. The zero-order valence-corrected chi connectivity index (χ0v) is 15.0. The normalized spacial score (nSPS) is 15.4. The van der Waals surface area contributed by atoms with Gasteiger partial charge in [-0.2, -0.15) is 5.10 Å². The molecule has 2 amide bonds. The first-order valence-corrected chi connectivity index (χ1v) is 8.64. The molecule has 1 saturated heterocycles. The standard InChI is InChI=1S/C18H25N5O2/c1-13-4-5-16(22(13)3)18(25)23-8-6-14(7-9-23)10-19-17(24)15-11-20-21(2)12-15/h4-5,11-12,14H,6-10H2,1-3H3,(H,19,24). The molecular weight excluding hydrogens is 318 g/mol. The number of likely N-dealkylation sites (tertiary alicyclic amines) is 1. The molecule has 25 heavy (non-hydrogen) atoms. The van der Waals surface area contributed by atoms with Gasteiger partial charge in [0, 0.05) is 45.6 Å². The van der Waals surface area contributed by atoms with Gasteiger partial charge in [0.05, 0.1) is 11.8 Å². The molecule has 0 saturated carbocycles. The highest BCUT2D eigenvalue weighted by atomic mass is 16.2. The van der Waals surface area contributed by atoms with E-state index in [1.807, 2.05) is 35.6 Å². The SMILES string of the molecule is Cc1ccc(C(=O)N2CCC(CNC(=O)c3cnn(C)c3)CC2)n1C. The molecule has 1 aliphatic rings. The summed E-state index contributed by atoms with van der Waals surface area (Å²) < 4.78 is 3.55. The smallest absolute Gasteiger partial charge is 0.270 e. The molecule has 0 atom stereocenters. The molecule has 3 rings (SSSR count). The molecule has 7 heteroatoms. The zero-order chi connectivity index (χ0) is 18.0. The maximum atomic E-state index is 12.6. The number of amides is 2. The van der Waals surface area contributed by atoms with Crippen LogP contribution in [0.4, 0.5) is 0 Å². The van der Waals surface area contributed by atoms with Gasteiger partial charge in [-0.05, 0) is 37.8 Å². The number of rotatable bonds is 4. The van der Waals surface area contributed by atoms with Crippen LogP contribution in [0.2, 0.25) is 0 Å². The molecule has 1 N–H and O–H groups in total.